The molecule has 3 aromatic carbocycles. The van der Waals surface area contributed by atoms with E-state index in [1.165, 1.54) is 42.2 Å². The number of carbonyl (C=O) groups is 1. The Kier molecular flexibility index (Phi) is 8.35. The zero-order valence-corrected chi connectivity index (χ0v) is 25.0. The van der Waals surface area contributed by atoms with Crippen molar-refractivity contribution in [2.75, 3.05) is 18.2 Å². The molecule has 0 radical (unpaired) electrons. The lowest BCUT2D eigenvalue weighted by atomic mass is 9.97. The Morgan fingerprint density at radius 1 is 1.04 bits per heavy atom. The van der Waals surface area contributed by atoms with Gasteiger partial charge in [0.25, 0.3) is 0 Å². The van der Waals surface area contributed by atoms with Crippen molar-refractivity contribution < 1.29 is 50.1 Å². The first-order chi connectivity index (χ1) is 21.6. The van der Waals surface area contributed by atoms with Gasteiger partial charge in [0.15, 0.2) is 27.3 Å². The molecule has 2 N–H and O–H groups in total. The predicted octanol–water partition coefficient (Wildman–Crippen LogP) is 6.22. The number of halogens is 4. The summed E-state index contributed by atoms with van der Waals surface area (Å²) in [5.41, 5.74) is 1.24. The molecule has 0 spiro atoms. The van der Waals surface area contributed by atoms with Crippen LogP contribution >= 0.6 is 0 Å². The summed E-state index contributed by atoms with van der Waals surface area (Å²) in [5.74, 6) is -1.02. The molecule has 0 unspecified atom stereocenters. The van der Waals surface area contributed by atoms with Crippen molar-refractivity contribution in [2.24, 2.45) is 0 Å². The lowest BCUT2D eigenvalue weighted by Crippen LogP contribution is -2.24. The van der Waals surface area contributed by atoms with Crippen LogP contribution in [0.3, 0.4) is 0 Å². The molecule has 11 nitrogen and oxygen atoms in total. The van der Waals surface area contributed by atoms with E-state index in [1.54, 1.807) is 25.1 Å². The van der Waals surface area contributed by atoms with Gasteiger partial charge in [-0.1, -0.05) is 6.07 Å². The lowest BCUT2D eigenvalue weighted by molar-refractivity contribution is -0.274. The smallest absolute Gasteiger partial charge is 0.465 e. The second kappa shape index (κ2) is 11.9. The summed E-state index contributed by atoms with van der Waals surface area (Å²) in [7, 11) is -2.66. The molecule has 46 heavy (non-hydrogen) atoms. The molecule has 5 rings (SSSR count). The van der Waals surface area contributed by atoms with E-state index in [2.05, 4.69) is 14.8 Å². The summed E-state index contributed by atoms with van der Waals surface area (Å²) in [6.45, 7) is 0.700. The van der Waals surface area contributed by atoms with Crippen LogP contribution in [-0.4, -0.2) is 59.2 Å². The van der Waals surface area contributed by atoms with Gasteiger partial charge >= 0.3 is 12.5 Å². The van der Waals surface area contributed by atoms with Gasteiger partial charge in [-0.05, 0) is 59.7 Å². The molecule has 2 heterocycles. The average molecular weight is 661 g/mol. The Morgan fingerprint density at radius 3 is 2.33 bits per heavy atom. The van der Waals surface area contributed by atoms with E-state index in [9.17, 15) is 36.6 Å². The molecule has 240 valence electrons. The molecular weight excluding hydrogens is 636 g/mol. The van der Waals surface area contributed by atoms with Gasteiger partial charge < -0.3 is 19.4 Å². The first kappa shape index (κ1) is 32.2. The van der Waals surface area contributed by atoms with Gasteiger partial charge in [0.1, 0.15) is 17.3 Å². The minimum Gasteiger partial charge on any atom is -0.465 e. The highest BCUT2D eigenvalue weighted by Crippen LogP contribution is 2.40. The molecule has 0 aliphatic carbocycles. The second-order valence-corrected chi connectivity index (χ2v) is 12.0. The van der Waals surface area contributed by atoms with Crippen molar-refractivity contribution in [3.8, 4) is 45.1 Å². The number of hydrogen-bond donors (Lipinski definition) is 2. The second-order valence-electron chi connectivity index (χ2n) is 10.0. The maximum Gasteiger partial charge on any atom is 0.573 e. The van der Waals surface area contributed by atoms with Crippen molar-refractivity contribution in [2.45, 2.75) is 24.8 Å². The molecule has 0 fully saturated rings. The van der Waals surface area contributed by atoms with Crippen molar-refractivity contribution in [1.29, 1.82) is 0 Å². The van der Waals surface area contributed by atoms with Crippen LogP contribution < -0.4 is 9.64 Å². The third kappa shape index (κ3) is 6.57. The number of oxazole rings is 1. The van der Waals surface area contributed by atoms with Gasteiger partial charge in [-0.2, -0.15) is 0 Å². The predicted molar refractivity (Wildman–Crippen MR) is 157 cm³/mol. The largest absolute Gasteiger partial charge is 0.573 e. The number of anilines is 1. The molecule has 5 aromatic rings. The number of rotatable bonds is 8. The van der Waals surface area contributed by atoms with Crippen LogP contribution in [0.15, 0.2) is 76.2 Å². The summed E-state index contributed by atoms with van der Waals surface area (Å²) in [4.78, 5) is 16.4. The number of aromatic nitrogens is 3. The number of hydrogen-bond acceptors (Lipinski definition) is 8. The van der Waals surface area contributed by atoms with E-state index in [1.807, 2.05) is 0 Å². The summed E-state index contributed by atoms with van der Waals surface area (Å²) in [6.07, 6.45) is -3.79. The van der Waals surface area contributed by atoms with Gasteiger partial charge in [-0.25, -0.2) is 27.3 Å². The minimum atomic E-state index is -4.89. The molecular formula is C30H24F4N4O7S. The zero-order chi connectivity index (χ0) is 33.6. The maximum absolute atomic E-state index is 15.1. The van der Waals surface area contributed by atoms with Gasteiger partial charge in [0.2, 0.25) is 0 Å². The van der Waals surface area contributed by atoms with Gasteiger partial charge in [-0.15, -0.1) is 18.3 Å². The number of alkyl halides is 3. The fourth-order valence-corrected chi connectivity index (χ4v) is 5.66. The first-order valence-electron chi connectivity index (χ1n) is 13.2. The number of benzene rings is 3. The van der Waals surface area contributed by atoms with Crippen LogP contribution in [0.5, 0.6) is 5.75 Å². The molecule has 0 atom stereocenters. The topological polar surface area (TPSA) is 148 Å². The number of ether oxygens (including phenoxy) is 1. The Labute approximate surface area is 258 Å². The molecule has 1 amide bonds. The Balaban J connectivity index is 1.72. The molecule has 0 aliphatic heterocycles. The molecule has 0 bridgehead atoms. The molecule has 2 aromatic heterocycles. The van der Waals surface area contributed by atoms with E-state index in [-0.39, 0.29) is 39.9 Å². The summed E-state index contributed by atoms with van der Waals surface area (Å²) >= 11 is 0. The summed E-state index contributed by atoms with van der Waals surface area (Å²) in [5, 5.41) is 23.4. The number of aryl methyl sites for hydroxylation is 1. The maximum atomic E-state index is 15.1. The highest BCUT2D eigenvalue weighted by molar-refractivity contribution is 7.90. The number of carboxylic acid groups (broad SMARTS) is 1. The van der Waals surface area contributed by atoms with E-state index < -0.39 is 45.4 Å². The monoisotopic (exact) mass is 660 g/mol. The van der Waals surface area contributed by atoms with E-state index >= 15 is 4.39 Å². The standard InChI is InChI=1S/C30H24F4N4O7S/c1-16-35-27(17-4-7-20(8-5-17)45-30(32,33)34)28(44-16)21-12-18(19-13-23(31)22(15-39)25(14-19)46(3,42)43)6-9-24(21)38-11-10-26(36-38)37(2)29(40)41/h4-14,39H,15H2,1-3H3,(H,40,41). The third-order valence-electron chi connectivity index (χ3n) is 6.83. The van der Waals surface area contributed by atoms with Crippen LogP contribution in [0.2, 0.25) is 0 Å². The van der Waals surface area contributed by atoms with Crippen molar-refractivity contribution in [3.05, 3.63) is 84.1 Å². The summed E-state index contributed by atoms with van der Waals surface area (Å²) < 4.78 is 89.5. The van der Waals surface area contributed by atoms with E-state index in [0.717, 1.165) is 29.4 Å². The number of aliphatic hydroxyl groups excluding tert-OH is 1. The number of nitrogens with zero attached hydrogens (tertiary/aromatic N) is 4. The molecule has 0 saturated carbocycles. The number of aliphatic hydroxyl groups is 1. The summed E-state index contributed by atoms with van der Waals surface area (Å²) in [6, 6.07) is 13.3. The van der Waals surface area contributed by atoms with Gasteiger partial charge in [0, 0.05) is 49.2 Å². The van der Waals surface area contributed by atoms with Gasteiger partial charge in [0.05, 0.1) is 17.2 Å². The third-order valence-corrected chi connectivity index (χ3v) is 8.00. The Morgan fingerprint density at radius 2 is 1.72 bits per heavy atom. The quantitative estimate of drug-likeness (QED) is 0.185. The van der Waals surface area contributed by atoms with Crippen LogP contribution in [-0.2, 0) is 16.4 Å². The molecule has 0 saturated heterocycles. The van der Waals surface area contributed by atoms with Crippen LogP contribution in [0, 0.1) is 12.7 Å². The molecule has 0 aliphatic rings. The number of sulfone groups is 1. The number of amides is 1. The Bertz CT molecular complexity index is 2060. The zero-order valence-electron chi connectivity index (χ0n) is 24.2. The fourth-order valence-electron chi connectivity index (χ4n) is 4.70. The van der Waals surface area contributed by atoms with Crippen molar-refractivity contribution >= 4 is 21.7 Å². The van der Waals surface area contributed by atoms with E-state index in [0.29, 0.717) is 16.8 Å². The van der Waals surface area contributed by atoms with Crippen LogP contribution in [0.1, 0.15) is 11.5 Å². The van der Waals surface area contributed by atoms with Crippen LogP contribution in [0.25, 0.3) is 39.4 Å². The van der Waals surface area contributed by atoms with Gasteiger partial charge in [-0.3, -0.25) is 4.90 Å². The van der Waals surface area contributed by atoms with Crippen LogP contribution in [0.4, 0.5) is 28.2 Å². The van der Waals surface area contributed by atoms with Crippen molar-refractivity contribution in [1.82, 2.24) is 14.8 Å². The Hall–Kier alpha value is -5.22. The SMILES string of the molecule is Cc1nc(-c2ccc(OC(F)(F)F)cc2)c(-c2cc(-c3cc(F)c(CO)c(S(C)(=O)=O)c3)ccc2-n2ccc(N(C)C(=O)O)n2)o1. The minimum absolute atomic E-state index is 0.0798. The highest BCUT2D eigenvalue weighted by atomic mass is 32.2. The average Bonchev–Trinajstić information content (AvgIpc) is 3.62. The lowest BCUT2D eigenvalue weighted by Gasteiger charge is -2.15. The highest BCUT2D eigenvalue weighted by Gasteiger charge is 2.31. The molecule has 16 heteroatoms. The van der Waals surface area contributed by atoms with E-state index in [4.69, 9.17) is 4.42 Å². The normalized spacial score (nSPS) is 11.9. The fraction of sp³-hybridized carbons (Fsp3) is 0.167. The van der Waals surface area contributed by atoms with Crippen molar-refractivity contribution in [3.63, 3.8) is 0 Å². The first-order valence-corrected chi connectivity index (χ1v) is 15.1.